The van der Waals surface area contributed by atoms with Crippen molar-refractivity contribution >= 4 is 23.3 Å². The van der Waals surface area contributed by atoms with Gasteiger partial charge < -0.3 is 15.3 Å². The minimum atomic E-state index is -1.04. The van der Waals surface area contributed by atoms with Crippen LogP contribution >= 0.6 is 0 Å². The second-order valence-corrected chi connectivity index (χ2v) is 6.20. The summed E-state index contributed by atoms with van der Waals surface area (Å²) in [6.07, 6.45) is 0. The lowest BCUT2D eigenvalue weighted by Gasteiger charge is -2.23. The van der Waals surface area contributed by atoms with Gasteiger partial charge in [0.2, 0.25) is 0 Å². The van der Waals surface area contributed by atoms with E-state index in [1.165, 1.54) is 12.1 Å². The summed E-state index contributed by atoms with van der Waals surface area (Å²) in [6, 6.07) is 23.5. The molecular formula is C22H20N2O3. The zero-order valence-corrected chi connectivity index (χ0v) is 14.9. The van der Waals surface area contributed by atoms with Crippen molar-refractivity contribution in [2.24, 2.45) is 0 Å². The monoisotopic (exact) mass is 360 g/mol. The predicted octanol–water partition coefficient (Wildman–Crippen LogP) is 4.27. The topological polar surface area (TPSA) is 69.6 Å². The summed E-state index contributed by atoms with van der Waals surface area (Å²) in [6.45, 7) is 0.626. The van der Waals surface area contributed by atoms with Crippen molar-refractivity contribution < 1.29 is 14.7 Å². The Morgan fingerprint density at radius 1 is 0.889 bits per heavy atom. The summed E-state index contributed by atoms with van der Waals surface area (Å²) >= 11 is 0. The normalized spacial score (nSPS) is 10.3. The fourth-order valence-corrected chi connectivity index (χ4v) is 2.83. The molecular weight excluding hydrogens is 340 g/mol. The number of carboxylic acid groups (broad SMARTS) is 1. The van der Waals surface area contributed by atoms with E-state index < -0.39 is 5.97 Å². The number of anilines is 2. The quantitative estimate of drug-likeness (QED) is 0.689. The minimum Gasteiger partial charge on any atom is -0.478 e. The van der Waals surface area contributed by atoms with Crippen LogP contribution in [-0.4, -0.2) is 24.0 Å². The van der Waals surface area contributed by atoms with Crippen molar-refractivity contribution in [3.8, 4) is 0 Å². The molecule has 3 rings (SSSR count). The first-order valence-corrected chi connectivity index (χ1v) is 8.53. The largest absolute Gasteiger partial charge is 0.478 e. The van der Waals surface area contributed by atoms with Gasteiger partial charge in [-0.2, -0.15) is 0 Å². The minimum absolute atomic E-state index is 0.121. The first-order chi connectivity index (χ1) is 13.0. The van der Waals surface area contributed by atoms with Gasteiger partial charge in [0.05, 0.1) is 16.9 Å². The number of rotatable bonds is 6. The van der Waals surface area contributed by atoms with E-state index in [0.717, 1.165) is 11.3 Å². The standard InChI is InChI=1S/C22H20N2O3/c1-24(15-16-8-4-2-5-9-16)20-13-12-18(22(26)27)14-19(20)23-21(25)17-10-6-3-7-11-17/h2-14H,15H2,1H3,(H,23,25)(H,26,27). The Labute approximate surface area is 157 Å². The molecule has 27 heavy (non-hydrogen) atoms. The lowest BCUT2D eigenvalue weighted by Crippen LogP contribution is -2.20. The molecule has 5 heteroatoms. The van der Waals surface area contributed by atoms with E-state index in [9.17, 15) is 14.7 Å². The first kappa shape index (κ1) is 18.2. The first-order valence-electron chi connectivity index (χ1n) is 8.53. The molecule has 0 saturated carbocycles. The zero-order chi connectivity index (χ0) is 19.2. The molecule has 5 nitrogen and oxygen atoms in total. The molecule has 0 aliphatic heterocycles. The molecule has 0 unspecified atom stereocenters. The summed E-state index contributed by atoms with van der Waals surface area (Å²) in [5, 5.41) is 12.1. The van der Waals surface area contributed by atoms with Crippen LogP contribution in [0.3, 0.4) is 0 Å². The van der Waals surface area contributed by atoms with E-state index in [1.807, 2.05) is 48.3 Å². The fourth-order valence-electron chi connectivity index (χ4n) is 2.83. The SMILES string of the molecule is CN(Cc1ccccc1)c1ccc(C(=O)O)cc1NC(=O)c1ccccc1. The van der Waals surface area contributed by atoms with Gasteiger partial charge in [-0.25, -0.2) is 4.79 Å². The van der Waals surface area contributed by atoms with Crippen molar-refractivity contribution in [2.75, 3.05) is 17.3 Å². The third-order valence-corrected chi connectivity index (χ3v) is 4.20. The smallest absolute Gasteiger partial charge is 0.335 e. The Morgan fingerprint density at radius 2 is 1.52 bits per heavy atom. The highest BCUT2D eigenvalue weighted by Gasteiger charge is 2.15. The molecule has 0 spiro atoms. The molecule has 0 bridgehead atoms. The number of amides is 1. The number of benzene rings is 3. The number of nitrogens with zero attached hydrogens (tertiary/aromatic N) is 1. The van der Waals surface area contributed by atoms with E-state index in [1.54, 1.807) is 30.3 Å². The molecule has 0 aromatic heterocycles. The van der Waals surface area contributed by atoms with Crippen LogP contribution in [0.4, 0.5) is 11.4 Å². The molecule has 0 aliphatic carbocycles. The predicted molar refractivity (Wildman–Crippen MR) is 106 cm³/mol. The number of nitrogens with one attached hydrogen (secondary N) is 1. The zero-order valence-electron chi connectivity index (χ0n) is 14.9. The maximum absolute atomic E-state index is 12.6. The Hall–Kier alpha value is -3.60. The van der Waals surface area contributed by atoms with E-state index in [-0.39, 0.29) is 11.5 Å². The van der Waals surface area contributed by atoms with Crippen molar-refractivity contribution in [3.63, 3.8) is 0 Å². The van der Waals surface area contributed by atoms with Gasteiger partial charge in [0.15, 0.2) is 0 Å². The molecule has 0 aliphatic rings. The van der Waals surface area contributed by atoms with Gasteiger partial charge in [0, 0.05) is 19.2 Å². The van der Waals surface area contributed by atoms with Crippen LogP contribution in [0.15, 0.2) is 78.9 Å². The highest BCUT2D eigenvalue weighted by atomic mass is 16.4. The van der Waals surface area contributed by atoms with Crippen LogP contribution in [0.25, 0.3) is 0 Å². The summed E-state index contributed by atoms with van der Waals surface area (Å²) < 4.78 is 0. The fraction of sp³-hybridized carbons (Fsp3) is 0.0909. The van der Waals surface area contributed by atoms with Crippen molar-refractivity contribution in [1.29, 1.82) is 0 Å². The molecule has 2 N–H and O–H groups in total. The van der Waals surface area contributed by atoms with Gasteiger partial charge in [-0.05, 0) is 35.9 Å². The summed E-state index contributed by atoms with van der Waals surface area (Å²) in [7, 11) is 1.90. The van der Waals surface area contributed by atoms with Gasteiger partial charge in [-0.15, -0.1) is 0 Å². The maximum Gasteiger partial charge on any atom is 0.335 e. The maximum atomic E-state index is 12.6. The van der Waals surface area contributed by atoms with Crippen LogP contribution < -0.4 is 10.2 Å². The summed E-state index contributed by atoms with van der Waals surface area (Å²) in [5.74, 6) is -1.32. The number of carboxylic acids is 1. The molecule has 0 saturated heterocycles. The van der Waals surface area contributed by atoms with Gasteiger partial charge in [0.25, 0.3) is 5.91 Å². The van der Waals surface area contributed by atoms with E-state index in [0.29, 0.717) is 17.8 Å². The lowest BCUT2D eigenvalue weighted by molar-refractivity contribution is 0.0696. The summed E-state index contributed by atoms with van der Waals surface area (Å²) in [4.78, 5) is 25.9. The number of hydrogen-bond donors (Lipinski definition) is 2. The lowest BCUT2D eigenvalue weighted by atomic mass is 10.1. The van der Waals surface area contributed by atoms with Crippen molar-refractivity contribution in [2.45, 2.75) is 6.54 Å². The van der Waals surface area contributed by atoms with Crippen LogP contribution in [0, 0.1) is 0 Å². The molecule has 1 amide bonds. The Bertz CT molecular complexity index is 940. The molecule has 136 valence electrons. The number of aromatic carboxylic acids is 1. The highest BCUT2D eigenvalue weighted by molar-refractivity contribution is 6.06. The van der Waals surface area contributed by atoms with Crippen molar-refractivity contribution in [1.82, 2.24) is 0 Å². The van der Waals surface area contributed by atoms with Gasteiger partial charge >= 0.3 is 5.97 Å². The number of hydrogen-bond acceptors (Lipinski definition) is 3. The van der Waals surface area contributed by atoms with Crippen LogP contribution in [-0.2, 0) is 6.54 Å². The van der Waals surface area contributed by atoms with Gasteiger partial charge in [-0.1, -0.05) is 48.5 Å². The van der Waals surface area contributed by atoms with E-state index in [4.69, 9.17) is 0 Å². The van der Waals surface area contributed by atoms with Crippen molar-refractivity contribution in [3.05, 3.63) is 95.6 Å². The summed E-state index contributed by atoms with van der Waals surface area (Å²) in [5.41, 5.74) is 2.95. The third kappa shape index (κ3) is 4.52. The average molecular weight is 360 g/mol. The second-order valence-electron chi connectivity index (χ2n) is 6.20. The molecule has 0 radical (unpaired) electrons. The average Bonchev–Trinajstić information content (AvgIpc) is 2.69. The molecule has 0 atom stereocenters. The number of carbonyl (C=O) groups is 2. The molecule has 3 aromatic carbocycles. The van der Waals surface area contributed by atoms with Crippen LogP contribution in [0.1, 0.15) is 26.3 Å². The van der Waals surface area contributed by atoms with Crippen LogP contribution in [0.2, 0.25) is 0 Å². The second kappa shape index (κ2) is 8.19. The number of carbonyl (C=O) groups excluding carboxylic acids is 1. The molecule has 3 aromatic rings. The molecule has 0 fully saturated rings. The van der Waals surface area contributed by atoms with Crippen LogP contribution in [0.5, 0.6) is 0 Å². The highest BCUT2D eigenvalue weighted by Crippen LogP contribution is 2.28. The Balaban J connectivity index is 1.91. The van der Waals surface area contributed by atoms with Gasteiger partial charge in [-0.3, -0.25) is 4.79 Å². The van der Waals surface area contributed by atoms with E-state index in [2.05, 4.69) is 5.32 Å². The van der Waals surface area contributed by atoms with E-state index >= 15 is 0 Å². The Kier molecular flexibility index (Phi) is 5.52. The van der Waals surface area contributed by atoms with Gasteiger partial charge in [0.1, 0.15) is 0 Å². The third-order valence-electron chi connectivity index (χ3n) is 4.20. The Morgan fingerprint density at radius 3 is 2.15 bits per heavy atom. The molecule has 0 heterocycles.